The van der Waals surface area contributed by atoms with Crippen LogP contribution >= 0.6 is 0 Å². The van der Waals surface area contributed by atoms with Crippen LogP contribution in [0.2, 0.25) is 0 Å². The van der Waals surface area contributed by atoms with E-state index in [0.29, 0.717) is 11.7 Å². The zero-order valence-corrected chi connectivity index (χ0v) is 23.6. The first kappa shape index (κ1) is 26.6. The molecule has 0 spiro atoms. The number of amides is 1. The molecule has 0 atom stereocenters. The Morgan fingerprint density at radius 2 is 1.77 bits per heavy atom. The van der Waals surface area contributed by atoms with Crippen molar-refractivity contribution in [1.82, 2.24) is 24.5 Å². The number of aromatic nitrogens is 3. The molecule has 1 aliphatic heterocycles. The van der Waals surface area contributed by atoms with Crippen molar-refractivity contribution >= 4 is 16.8 Å². The fourth-order valence-corrected chi connectivity index (χ4v) is 6.63. The standard InChI is InChI=1S/C32H39N5O3/c1-35(2)28(38)21-37-27-19-25(31-33-32(39)40-34-31)14-15-26(27)29(23-11-5-3-6-12-23)30(37)24-13-9-10-22(18-24)20-36-16-7-4-8-17-36/h9-10,13-15,18-19,23H,3-8,11-12,16-17,20-21H2,1-2H3,(H,33,34,39). The molecule has 6 rings (SSSR count). The van der Waals surface area contributed by atoms with Gasteiger partial charge in [-0.1, -0.05) is 61.2 Å². The molecule has 2 aromatic carbocycles. The zero-order valence-electron chi connectivity index (χ0n) is 23.6. The highest BCUT2D eigenvalue weighted by Crippen LogP contribution is 2.45. The molecule has 40 heavy (non-hydrogen) atoms. The van der Waals surface area contributed by atoms with Gasteiger partial charge in [0.1, 0.15) is 6.54 Å². The first-order valence-corrected chi connectivity index (χ1v) is 14.7. The smallest absolute Gasteiger partial charge is 0.347 e. The second-order valence-corrected chi connectivity index (χ2v) is 11.7. The van der Waals surface area contributed by atoms with Crippen LogP contribution in [-0.2, 0) is 17.9 Å². The lowest BCUT2D eigenvalue weighted by molar-refractivity contribution is -0.129. The summed E-state index contributed by atoms with van der Waals surface area (Å²) >= 11 is 0. The van der Waals surface area contributed by atoms with Crippen LogP contribution in [0.15, 0.2) is 51.8 Å². The minimum Gasteiger partial charge on any atom is -0.347 e. The van der Waals surface area contributed by atoms with Crippen molar-refractivity contribution in [2.75, 3.05) is 27.2 Å². The monoisotopic (exact) mass is 541 g/mol. The molecule has 210 valence electrons. The highest BCUT2D eigenvalue weighted by Gasteiger charge is 2.28. The summed E-state index contributed by atoms with van der Waals surface area (Å²) in [6, 6.07) is 15.1. The largest absolute Gasteiger partial charge is 0.439 e. The number of fused-ring (bicyclic) bond motifs is 1. The third-order valence-corrected chi connectivity index (χ3v) is 8.68. The summed E-state index contributed by atoms with van der Waals surface area (Å²) in [5.41, 5.74) is 6.70. The first-order valence-electron chi connectivity index (χ1n) is 14.7. The number of carbonyl (C=O) groups excluding carboxylic acids is 1. The Labute approximate surface area is 235 Å². The van der Waals surface area contributed by atoms with E-state index in [2.05, 4.69) is 49.9 Å². The number of hydrogen-bond donors (Lipinski definition) is 1. The Balaban J connectivity index is 1.54. The molecule has 2 aliphatic rings. The maximum Gasteiger partial charge on any atom is 0.439 e. The number of piperidine rings is 1. The number of benzene rings is 2. The fourth-order valence-electron chi connectivity index (χ4n) is 6.63. The van der Waals surface area contributed by atoms with Gasteiger partial charge < -0.3 is 9.47 Å². The number of hydrogen-bond acceptors (Lipinski definition) is 5. The lowest BCUT2D eigenvalue weighted by Crippen LogP contribution is -2.29. The SMILES string of the molecule is CN(C)C(=O)Cn1c(-c2cccc(CN3CCCCC3)c2)c(C2CCCCC2)c2ccc(-c3noc(=O)[nH]3)cc21. The minimum atomic E-state index is -0.581. The summed E-state index contributed by atoms with van der Waals surface area (Å²) in [7, 11) is 3.61. The fraction of sp³-hybridized carbons (Fsp3) is 0.469. The summed E-state index contributed by atoms with van der Waals surface area (Å²) in [4.78, 5) is 31.8. The average molecular weight is 542 g/mol. The van der Waals surface area contributed by atoms with E-state index in [9.17, 15) is 9.59 Å². The van der Waals surface area contributed by atoms with Crippen LogP contribution < -0.4 is 5.76 Å². The molecule has 0 unspecified atom stereocenters. The molecular weight excluding hydrogens is 502 g/mol. The molecule has 0 bridgehead atoms. The topological polar surface area (TPSA) is 87.4 Å². The van der Waals surface area contributed by atoms with Crippen molar-refractivity contribution in [3.8, 4) is 22.6 Å². The Kier molecular flexibility index (Phi) is 7.61. The predicted octanol–water partition coefficient (Wildman–Crippen LogP) is 5.77. The van der Waals surface area contributed by atoms with Gasteiger partial charge in [0.25, 0.3) is 0 Å². The van der Waals surface area contributed by atoms with Gasteiger partial charge in [0.2, 0.25) is 5.91 Å². The molecule has 3 heterocycles. The van der Waals surface area contributed by atoms with Gasteiger partial charge in [-0.15, -0.1) is 0 Å². The molecule has 1 amide bonds. The van der Waals surface area contributed by atoms with E-state index in [1.54, 1.807) is 19.0 Å². The summed E-state index contributed by atoms with van der Waals surface area (Å²) in [6.45, 7) is 3.50. The number of rotatable bonds is 7. The third kappa shape index (κ3) is 5.37. The van der Waals surface area contributed by atoms with Crippen LogP contribution in [0, 0.1) is 0 Å². The first-order chi connectivity index (χ1) is 19.5. The maximum atomic E-state index is 13.2. The maximum absolute atomic E-state index is 13.2. The quantitative estimate of drug-likeness (QED) is 0.321. The van der Waals surface area contributed by atoms with Crippen LogP contribution in [0.1, 0.15) is 68.4 Å². The number of likely N-dealkylation sites (tertiary alicyclic amines) is 1. The molecule has 1 N–H and O–H groups in total. The van der Waals surface area contributed by atoms with Gasteiger partial charge in [0.15, 0.2) is 5.82 Å². The summed E-state index contributed by atoms with van der Waals surface area (Å²) < 4.78 is 6.99. The summed E-state index contributed by atoms with van der Waals surface area (Å²) in [5, 5.41) is 5.09. The van der Waals surface area contributed by atoms with Crippen LogP contribution in [0.5, 0.6) is 0 Å². The second kappa shape index (κ2) is 11.5. The van der Waals surface area contributed by atoms with Crippen LogP contribution in [0.4, 0.5) is 0 Å². The van der Waals surface area contributed by atoms with E-state index in [1.807, 2.05) is 12.1 Å². The highest BCUT2D eigenvalue weighted by atomic mass is 16.5. The molecule has 8 heteroatoms. The number of carbonyl (C=O) groups is 1. The lowest BCUT2D eigenvalue weighted by atomic mass is 9.81. The van der Waals surface area contributed by atoms with Crippen molar-refractivity contribution in [3.05, 3.63) is 64.1 Å². The normalized spacial score (nSPS) is 16.9. The Morgan fingerprint density at radius 1 is 1.00 bits per heavy atom. The molecule has 2 fully saturated rings. The number of aromatic amines is 1. The Bertz CT molecular complexity index is 1550. The van der Waals surface area contributed by atoms with E-state index in [1.165, 1.54) is 55.0 Å². The van der Waals surface area contributed by atoms with Crippen molar-refractivity contribution in [3.63, 3.8) is 0 Å². The van der Waals surface area contributed by atoms with Crippen LogP contribution in [-0.4, -0.2) is 57.6 Å². The lowest BCUT2D eigenvalue weighted by Gasteiger charge is -2.27. The van der Waals surface area contributed by atoms with E-state index in [4.69, 9.17) is 4.52 Å². The van der Waals surface area contributed by atoms with Gasteiger partial charge in [-0.25, -0.2) is 4.79 Å². The van der Waals surface area contributed by atoms with Gasteiger partial charge in [-0.2, -0.15) is 0 Å². The molecule has 1 saturated heterocycles. The van der Waals surface area contributed by atoms with Gasteiger partial charge in [0.05, 0.1) is 11.2 Å². The minimum absolute atomic E-state index is 0.0399. The molecule has 1 saturated carbocycles. The van der Waals surface area contributed by atoms with E-state index in [-0.39, 0.29) is 12.5 Å². The molecule has 0 radical (unpaired) electrons. The molecule has 8 nitrogen and oxygen atoms in total. The second-order valence-electron chi connectivity index (χ2n) is 11.7. The number of nitrogens with one attached hydrogen (secondary N) is 1. The van der Waals surface area contributed by atoms with Crippen molar-refractivity contribution < 1.29 is 9.32 Å². The van der Waals surface area contributed by atoms with Crippen molar-refractivity contribution in [2.24, 2.45) is 0 Å². The van der Waals surface area contributed by atoms with Gasteiger partial charge >= 0.3 is 5.76 Å². The summed E-state index contributed by atoms with van der Waals surface area (Å²) in [6.07, 6.45) is 9.89. The number of H-pyrrole nitrogens is 1. The Hall–Kier alpha value is -3.65. The average Bonchev–Trinajstić information content (AvgIpc) is 3.55. The summed E-state index contributed by atoms with van der Waals surface area (Å²) in [5.74, 6) is 0.286. The predicted molar refractivity (Wildman–Crippen MR) is 157 cm³/mol. The molecular formula is C32H39N5O3. The van der Waals surface area contributed by atoms with Gasteiger partial charge in [0, 0.05) is 31.6 Å². The van der Waals surface area contributed by atoms with E-state index < -0.39 is 5.76 Å². The third-order valence-electron chi connectivity index (χ3n) is 8.68. The van der Waals surface area contributed by atoms with E-state index >= 15 is 0 Å². The number of likely N-dealkylation sites (N-methyl/N-ethyl adjacent to an activating group) is 1. The van der Waals surface area contributed by atoms with Crippen LogP contribution in [0.3, 0.4) is 0 Å². The number of nitrogens with zero attached hydrogens (tertiary/aromatic N) is 4. The molecule has 4 aromatic rings. The molecule has 1 aliphatic carbocycles. The Morgan fingerprint density at radius 3 is 2.50 bits per heavy atom. The van der Waals surface area contributed by atoms with Crippen molar-refractivity contribution in [2.45, 2.75) is 70.4 Å². The zero-order chi connectivity index (χ0) is 27.6. The van der Waals surface area contributed by atoms with E-state index in [0.717, 1.165) is 54.8 Å². The molecule has 2 aromatic heterocycles. The van der Waals surface area contributed by atoms with Gasteiger partial charge in [-0.05, 0) is 73.5 Å². The highest BCUT2D eigenvalue weighted by molar-refractivity contribution is 5.96. The van der Waals surface area contributed by atoms with Crippen molar-refractivity contribution in [1.29, 1.82) is 0 Å². The van der Waals surface area contributed by atoms with Gasteiger partial charge in [-0.3, -0.25) is 19.2 Å². The van der Waals surface area contributed by atoms with Crippen LogP contribution in [0.25, 0.3) is 33.5 Å².